The van der Waals surface area contributed by atoms with Gasteiger partial charge in [-0.05, 0) is 25.1 Å². The molecule has 0 unspecified atom stereocenters. The first-order valence-corrected chi connectivity index (χ1v) is 7.99. The largest absolute Gasteiger partial charge is 0.492 e. The van der Waals surface area contributed by atoms with Crippen molar-refractivity contribution in [3.63, 3.8) is 0 Å². The molecule has 114 valence electrons. The summed E-state index contributed by atoms with van der Waals surface area (Å²) in [6, 6.07) is 4.33. The normalized spacial score (nSPS) is 12.4. The molecule has 0 fully saturated rings. The molecule has 0 aromatic heterocycles. The second-order valence-electron chi connectivity index (χ2n) is 3.91. The summed E-state index contributed by atoms with van der Waals surface area (Å²) in [6.07, 6.45) is 0. The Morgan fingerprint density at radius 1 is 1.45 bits per heavy atom. The third kappa shape index (κ3) is 4.65. The van der Waals surface area contributed by atoms with Crippen molar-refractivity contribution in [1.29, 1.82) is 0 Å². The molecule has 1 aromatic rings. The third-order valence-electron chi connectivity index (χ3n) is 2.31. The number of sulfonamides is 1. The van der Waals surface area contributed by atoms with Crippen LogP contribution in [0.3, 0.4) is 0 Å². The van der Waals surface area contributed by atoms with Gasteiger partial charge in [0.15, 0.2) is 0 Å². The Bertz CT molecular complexity index is 567. The molecule has 0 aliphatic rings. The van der Waals surface area contributed by atoms with Crippen LogP contribution in [0.1, 0.15) is 6.92 Å². The number of benzene rings is 1. The van der Waals surface area contributed by atoms with Crippen molar-refractivity contribution in [1.82, 2.24) is 4.72 Å². The van der Waals surface area contributed by atoms with Crippen LogP contribution in [0, 0.1) is 0 Å². The van der Waals surface area contributed by atoms with Gasteiger partial charge < -0.3 is 10.5 Å². The molecule has 0 aliphatic carbocycles. The van der Waals surface area contributed by atoms with E-state index in [1.54, 1.807) is 13.0 Å². The predicted molar refractivity (Wildman–Crippen MR) is 74.5 cm³/mol. The zero-order valence-corrected chi connectivity index (χ0v) is 13.1. The van der Waals surface area contributed by atoms with Crippen LogP contribution in [0.2, 0.25) is 0 Å². The van der Waals surface area contributed by atoms with Crippen LogP contribution in [-0.2, 0) is 10.0 Å². The molecular formula is C11H15BrF2N2O3S. The molecule has 0 atom stereocenters. The third-order valence-corrected chi connectivity index (χ3v) is 4.23. The summed E-state index contributed by atoms with van der Waals surface area (Å²) in [6.45, 7) is -0.0617. The van der Waals surface area contributed by atoms with E-state index in [0.717, 1.165) is 0 Å². The van der Waals surface area contributed by atoms with Gasteiger partial charge in [0, 0.05) is 4.47 Å². The summed E-state index contributed by atoms with van der Waals surface area (Å²) in [5, 5.41) is 0. The van der Waals surface area contributed by atoms with Gasteiger partial charge in [0.05, 0.1) is 19.7 Å². The van der Waals surface area contributed by atoms with E-state index in [9.17, 15) is 17.2 Å². The van der Waals surface area contributed by atoms with Crippen molar-refractivity contribution in [3.05, 3.63) is 22.7 Å². The Labute approximate surface area is 124 Å². The van der Waals surface area contributed by atoms with Gasteiger partial charge in [-0.2, -0.15) is 0 Å². The lowest BCUT2D eigenvalue weighted by Gasteiger charge is -2.16. The van der Waals surface area contributed by atoms with Crippen LogP contribution in [-0.4, -0.2) is 34.0 Å². The fourth-order valence-corrected chi connectivity index (χ4v) is 3.06. The molecular weight excluding hydrogens is 358 g/mol. The van der Waals surface area contributed by atoms with E-state index in [0.29, 0.717) is 4.47 Å². The van der Waals surface area contributed by atoms with Crippen LogP contribution in [0.15, 0.2) is 27.6 Å². The number of alkyl halides is 2. The van der Waals surface area contributed by atoms with Gasteiger partial charge in [-0.15, -0.1) is 0 Å². The highest BCUT2D eigenvalue weighted by Crippen LogP contribution is 2.27. The smallest absolute Gasteiger partial charge is 0.273 e. The Morgan fingerprint density at radius 3 is 2.65 bits per heavy atom. The standard InChI is InChI=1S/C11H15BrF2N2O3S/c1-2-19-9-4-3-8(12)5-10(9)20(17,18)16-7-11(13,14)6-15/h3-5,16H,2,6-7,15H2,1H3. The van der Waals surface area contributed by atoms with Gasteiger partial charge in [-0.3, -0.25) is 0 Å². The summed E-state index contributed by atoms with van der Waals surface area (Å²) >= 11 is 3.13. The number of halogens is 3. The van der Waals surface area contributed by atoms with Crippen LogP contribution >= 0.6 is 15.9 Å². The second-order valence-corrected chi connectivity index (χ2v) is 6.56. The lowest BCUT2D eigenvalue weighted by Crippen LogP contribution is -2.41. The SMILES string of the molecule is CCOc1ccc(Br)cc1S(=O)(=O)NCC(F)(F)CN. The van der Waals surface area contributed by atoms with Gasteiger partial charge in [-0.25, -0.2) is 21.9 Å². The van der Waals surface area contributed by atoms with E-state index >= 15 is 0 Å². The number of rotatable bonds is 7. The zero-order chi connectivity index (χ0) is 15.4. The molecule has 0 bridgehead atoms. The van der Waals surface area contributed by atoms with Crippen molar-refractivity contribution < 1.29 is 21.9 Å². The minimum atomic E-state index is -4.12. The summed E-state index contributed by atoms with van der Waals surface area (Å²) in [5.74, 6) is -3.20. The minimum absolute atomic E-state index is 0.0965. The first kappa shape index (κ1) is 17.3. The molecule has 0 radical (unpaired) electrons. The number of hydrogen-bond acceptors (Lipinski definition) is 4. The minimum Gasteiger partial charge on any atom is -0.492 e. The highest BCUT2D eigenvalue weighted by Gasteiger charge is 2.30. The molecule has 0 saturated carbocycles. The first-order valence-electron chi connectivity index (χ1n) is 5.72. The maximum absolute atomic E-state index is 13.0. The highest BCUT2D eigenvalue weighted by atomic mass is 79.9. The summed E-state index contributed by atoms with van der Waals surface area (Å²) < 4.78 is 57.7. The highest BCUT2D eigenvalue weighted by molar-refractivity contribution is 9.10. The quantitative estimate of drug-likeness (QED) is 0.763. The summed E-state index contributed by atoms with van der Waals surface area (Å²) in [4.78, 5) is -0.207. The molecule has 0 saturated heterocycles. The molecule has 0 heterocycles. The number of nitrogens with one attached hydrogen (secondary N) is 1. The van der Waals surface area contributed by atoms with E-state index < -0.39 is 29.0 Å². The van der Waals surface area contributed by atoms with Crippen LogP contribution < -0.4 is 15.2 Å². The molecule has 20 heavy (non-hydrogen) atoms. The number of nitrogens with two attached hydrogens (primary N) is 1. The molecule has 1 aromatic carbocycles. The Hall–Kier alpha value is -0.770. The average molecular weight is 373 g/mol. The lowest BCUT2D eigenvalue weighted by molar-refractivity contribution is 0.0170. The summed E-state index contributed by atoms with van der Waals surface area (Å²) in [5.41, 5.74) is 4.86. The topological polar surface area (TPSA) is 81.4 Å². The Morgan fingerprint density at radius 2 is 2.10 bits per heavy atom. The molecule has 0 amide bonds. The van der Waals surface area contributed by atoms with Gasteiger partial charge >= 0.3 is 0 Å². The fraction of sp³-hybridized carbons (Fsp3) is 0.455. The van der Waals surface area contributed by atoms with Crippen LogP contribution in [0.4, 0.5) is 8.78 Å². The predicted octanol–water partition coefficient (Wildman–Crippen LogP) is 1.72. The molecule has 3 N–H and O–H groups in total. The van der Waals surface area contributed by atoms with E-state index in [4.69, 9.17) is 10.5 Å². The van der Waals surface area contributed by atoms with E-state index in [2.05, 4.69) is 15.9 Å². The molecule has 1 rings (SSSR count). The van der Waals surface area contributed by atoms with Crippen molar-refractivity contribution >= 4 is 26.0 Å². The van der Waals surface area contributed by atoms with Crippen molar-refractivity contribution in [2.24, 2.45) is 5.73 Å². The van der Waals surface area contributed by atoms with Crippen LogP contribution in [0.5, 0.6) is 5.75 Å². The van der Waals surface area contributed by atoms with Gasteiger partial charge in [0.25, 0.3) is 5.92 Å². The second kappa shape index (κ2) is 6.79. The van der Waals surface area contributed by atoms with Crippen molar-refractivity contribution in [2.75, 3.05) is 19.7 Å². The number of ether oxygens (including phenoxy) is 1. The average Bonchev–Trinajstić information content (AvgIpc) is 2.39. The fourth-order valence-electron chi connectivity index (χ4n) is 1.32. The van der Waals surface area contributed by atoms with Gasteiger partial charge in [-0.1, -0.05) is 15.9 Å². The van der Waals surface area contributed by atoms with Crippen molar-refractivity contribution in [2.45, 2.75) is 17.7 Å². The lowest BCUT2D eigenvalue weighted by atomic mass is 10.3. The Balaban J connectivity index is 3.05. The number of hydrogen-bond donors (Lipinski definition) is 2. The molecule has 0 aliphatic heterocycles. The zero-order valence-electron chi connectivity index (χ0n) is 10.7. The Kier molecular flexibility index (Phi) is 5.87. The first-order chi connectivity index (χ1) is 9.22. The monoisotopic (exact) mass is 372 g/mol. The van der Waals surface area contributed by atoms with Crippen LogP contribution in [0.25, 0.3) is 0 Å². The molecule has 0 spiro atoms. The maximum atomic E-state index is 13.0. The van der Waals surface area contributed by atoms with E-state index in [1.165, 1.54) is 12.1 Å². The van der Waals surface area contributed by atoms with E-state index in [-0.39, 0.29) is 17.3 Å². The molecule has 5 nitrogen and oxygen atoms in total. The summed E-state index contributed by atoms with van der Waals surface area (Å²) in [7, 11) is -4.12. The van der Waals surface area contributed by atoms with Gasteiger partial charge in [0.2, 0.25) is 10.0 Å². The van der Waals surface area contributed by atoms with E-state index in [1.807, 2.05) is 4.72 Å². The molecule has 9 heteroatoms. The van der Waals surface area contributed by atoms with Gasteiger partial charge in [0.1, 0.15) is 10.6 Å². The van der Waals surface area contributed by atoms with Crippen molar-refractivity contribution in [3.8, 4) is 5.75 Å². The maximum Gasteiger partial charge on any atom is 0.273 e.